The summed E-state index contributed by atoms with van der Waals surface area (Å²) in [4.78, 5) is 2.14. The van der Waals surface area contributed by atoms with Gasteiger partial charge in [0.1, 0.15) is 0 Å². The molecule has 0 aliphatic carbocycles. The van der Waals surface area contributed by atoms with E-state index in [2.05, 4.69) is 11.8 Å². The van der Waals surface area contributed by atoms with E-state index in [1.807, 2.05) is 14.1 Å². The van der Waals surface area contributed by atoms with E-state index in [0.717, 1.165) is 6.42 Å². The van der Waals surface area contributed by atoms with Crippen molar-refractivity contribution < 1.29 is 4.74 Å². The van der Waals surface area contributed by atoms with E-state index in [9.17, 15) is 0 Å². The lowest BCUT2D eigenvalue weighted by molar-refractivity contribution is 0.0433. The van der Waals surface area contributed by atoms with Crippen molar-refractivity contribution in [3.63, 3.8) is 0 Å². The van der Waals surface area contributed by atoms with Crippen LogP contribution >= 0.6 is 0 Å². The summed E-state index contributed by atoms with van der Waals surface area (Å²) in [6.07, 6.45) is 1.02. The molecule has 0 aliphatic heterocycles. The quantitative estimate of drug-likeness (QED) is 0.628. The summed E-state index contributed by atoms with van der Waals surface area (Å²) in [6, 6.07) is 0. The summed E-state index contributed by atoms with van der Waals surface area (Å²) in [7, 11) is 5.79. The van der Waals surface area contributed by atoms with E-state index in [1.54, 1.807) is 7.11 Å². The van der Waals surface area contributed by atoms with Crippen LogP contribution in [-0.2, 0) is 4.74 Å². The first kappa shape index (κ1) is 10.9. The molecule has 0 heterocycles. The molecular formula is C8H20N2O. The van der Waals surface area contributed by atoms with Gasteiger partial charge in [0.2, 0.25) is 0 Å². The minimum absolute atomic E-state index is 0.0226. The van der Waals surface area contributed by atoms with Gasteiger partial charge in [-0.3, -0.25) is 0 Å². The predicted octanol–water partition coefficient (Wildman–Crippen LogP) is 0.302. The van der Waals surface area contributed by atoms with Crippen LogP contribution in [0.4, 0.5) is 0 Å². The van der Waals surface area contributed by atoms with Gasteiger partial charge in [0.15, 0.2) is 0 Å². The maximum atomic E-state index is 5.68. The molecule has 1 unspecified atom stereocenters. The Kier molecular flexibility index (Phi) is 4.65. The number of methoxy groups -OCH3 is 1. The van der Waals surface area contributed by atoms with Crippen molar-refractivity contribution in [1.82, 2.24) is 4.90 Å². The van der Waals surface area contributed by atoms with Gasteiger partial charge < -0.3 is 15.4 Å². The lowest BCUT2D eigenvalue weighted by Crippen LogP contribution is -2.53. The number of nitrogens with two attached hydrogens (primary N) is 1. The zero-order valence-electron chi connectivity index (χ0n) is 8.05. The molecule has 0 aromatic carbocycles. The van der Waals surface area contributed by atoms with E-state index in [1.165, 1.54) is 0 Å². The molecule has 0 radical (unpaired) electrons. The summed E-state index contributed by atoms with van der Waals surface area (Å²) in [5.41, 5.74) is 5.71. The molecular weight excluding hydrogens is 140 g/mol. The smallest absolute Gasteiger partial charge is 0.0658 e. The summed E-state index contributed by atoms with van der Waals surface area (Å²) in [6.45, 7) is 3.48. The molecule has 0 fully saturated rings. The summed E-state index contributed by atoms with van der Waals surface area (Å²) >= 11 is 0. The van der Waals surface area contributed by atoms with Crippen molar-refractivity contribution in [2.75, 3.05) is 34.4 Å². The standard InChI is InChI=1S/C8H20N2O/c1-5-8(6-9,7-11-4)10(2)3/h5-7,9H2,1-4H3. The van der Waals surface area contributed by atoms with Crippen molar-refractivity contribution in [3.8, 4) is 0 Å². The van der Waals surface area contributed by atoms with Crippen molar-refractivity contribution in [3.05, 3.63) is 0 Å². The lowest BCUT2D eigenvalue weighted by atomic mass is 9.96. The Balaban J connectivity index is 4.20. The maximum absolute atomic E-state index is 5.68. The summed E-state index contributed by atoms with van der Waals surface area (Å²) in [5, 5.41) is 0. The number of hydrogen-bond donors (Lipinski definition) is 1. The Morgan fingerprint density at radius 2 is 2.00 bits per heavy atom. The second kappa shape index (κ2) is 4.70. The van der Waals surface area contributed by atoms with Crippen LogP contribution < -0.4 is 5.73 Å². The zero-order chi connectivity index (χ0) is 8.91. The first-order valence-corrected chi connectivity index (χ1v) is 3.99. The molecule has 1 atom stereocenters. The molecule has 0 saturated carbocycles. The molecule has 3 heteroatoms. The highest BCUT2D eigenvalue weighted by molar-refractivity contribution is 4.87. The van der Waals surface area contributed by atoms with Crippen LogP contribution in [0.3, 0.4) is 0 Å². The van der Waals surface area contributed by atoms with Gasteiger partial charge in [0.05, 0.1) is 12.1 Å². The van der Waals surface area contributed by atoms with Gasteiger partial charge >= 0.3 is 0 Å². The topological polar surface area (TPSA) is 38.5 Å². The average Bonchev–Trinajstić information content (AvgIpc) is 2.00. The van der Waals surface area contributed by atoms with Crippen molar-refractivity contribution >= 4 is 0 Å². The van der Waals surface area contributed by atoms with Crippen molar-refractivity contribution in [2.45, 2.75) is 18.9 Å². The first-order valence-electron chi connectivity index (χ1n) is 3.99. The van der Waals surface area contributed by atoms with Gasteiger partial charge in [-0.25, -0.2) is 0 Å². The van der Waals surface area contributed by atoms with Crippen LogP contribution in [-0.4, -0.2) is 44.8 Å². The number of ether oxygens (including phenoxy) is 1. The van der Waals surface area contributed by atoms with Gasteiger partial charge in [-0.05, 0) is 20.5 Å². The number of rotatable bonds is 5. The molecule has 0 aliphatic rings. The number of nitrogens with zero attached hydrogens (tertiary/aromatic N) is 1. The molecule has 0 spiro atoms. The van der Waals surface area contributed by atoms with Crippen molar-refractivity contribution in [1.29, 1.82) is 0 Å². The fourth-order valence-corrected chi connectivity index (χ4v) is 1.20. The third kappa shape index (κ3) is 2.43. The first-order chi connectivity index (χ1) is 5.13. The lowest BCUT2D eigenvalue weighted by Gasteiger charge is -2.37. The Bertz CT molecular complexity index is 100. The van der Waals surface area contributed by atoms with Crippen LogP contribution in [0.15, 0.2) is 0 Å². The molecule has 2 N–H and O–H groups in total. The highest BCUT2D eigenvalue weighted by atomic mass is 16.5. The predicted molar refractivity (Wildman–Crippen MR) is 47.6 cm³/mol. The van der Waals surface area contributed by atoms with Crippen LogP contribution in [0.1, 0.15) is 13.3 Å². The van der Waals surface area contributed by atoms with E-state index < -0.39 is 0 Å². The molecule has 0 amide bonds. The molecule has 0 bridgehead atoms. The van der Waals surface area contributed by atoms with Crippen LogP contribution in [0.25, 0.3) is 0 Å². The third-order valence-electron chi connectivity index (χ3n) is 2.40. The molecule has 0 aromatic rings. The van der Waals surface area contributed by atoms with Gasteiger partial charge in [-0.1, -0.05) is 6.92 Å². The Morgan fingerprint density at radius 1 is 1.45 bits per heavy atom. The number of likely N-dealkylation sites (N-methyl/N-ethyl adjacent to an activating group) is 1. The minimum Gasteiger partial charge on any atom is -0.383 e. The van der Waals surface area contributed by atoms with Crippen LogP contribution in [0, 0.1) is 0 Å². The van der Waals surface area contributed by atoms with Gasteiger partial charge in [0.25, 0.3) is 0 Å². The van der Waals surface area contributed by atoms with Crippen molar-refractivity contribution in [2.24, 2.45) is 5.73 Å². The average molecular weight is 160 g/mol. The second-order valence-corrected chi connectivity index (χ2v) is 3.11. The Morgan fingerprint density at radius 3 is 2.09 bits per heavy atom. The second-order valence-electron chi connectivity index (χ2n) is 3.11. The Hall–Kier alpha value is -0.120. The molecule has 0 aromatic heterocycles. The minimum atomic E-state index is 0.0226. The fourth-order valence-electron chi connectivity index (χ4n) is 1.20. The molecule has 11 heavy (non-hydrogen) atoms. The highest BCUT2D eigenvalue weighted by Gasteiger charge is 2.28. The maximum Gasteiger partial charge on any atom is 0.0658 e. The fraction of sp³-hybridized carbons (Fsp3) is 1.00. The summed E-state index contributed by atoms with van der Waals surface area (Å²) in [5.74, 6) is 0. The SMILES string of the molecule is CCC(CN)(COC)N(C)C. The number of hydrogen-bond acceptors (Lipinski definition) is 3. The van der Waals surface area contributed by atoms with Crippen LogP contribution in [0.5, 0.6) is 0 Å². The largest absolute Gasteiger partial charge is 0.383 e. The van der Waals surface area contributed by atoms with E-state index >= 15 is 0 Å². The van der Waals surface area contributed by atoms with Gasteiger partial charge in [0, 0.05) is 13.7 Å². The third-order valence-corrected chi connectivity index (χ3v) is 2.40. The van der Waals surface area contributed by atoms with E-state index in [4.69, 9.17) is 10.5 Å². The van der Waals surface area contributed by atoms with Crippen LogP contribution in [0.2, 0.25) is 0 Å². The monoisotopic (exact) mass is 160 g/mol. The zero-order valence-corrected chi connectivity index (χ0v) is 8.05. The molecule has 68 valence electrons. The highest BCUT2D eigenvalue weighted by Crippen LogP contribution is 2.15. The summed E-state index contributed by atoms with van der Waals surface area (Å²) < 4.78 is 5.13. The Labute approximate surface area is 69.5 Å². The van der Waals surface area contributed by atoms with Gasteiger partial charge in [-0.15, -0.1) is 0 Å². The van der Waals surface area contributed by atoms with E-state index in [-0.39, 0.29) is 5.54 Å². The van der Waals surface area contributed by atoms with E-state index in [0.29, 0.717) is 13.2 Å². The molecule has 0 saturated heterocycles. The van der Waals surface area contributed by atoms with Gasteiger partial charge in [-0.2, -0.15) is 0 Å². The molecule has 3 nitrogen and oxygen atoms in total. The normalized spacial score (nSPS) is 16.9. The molecule has 0 rings (SSSR count).